The van der Waals surface area contributed by atoms with Crippen LogP contribution in [0, 0.1) is 17.2 Å². The molecule has 0 aliphatic rings. The minimum Gasteiger partial charge on any atom is -0.396 e. The van der Waals surface area contributed by atoms with Crippen molar-refractivity contribution in [1.29, 1.82) is 5.26 Å². The Bertz CT molecular complexity index is 349. The summed E-state index contributed by atoms with van der Waals surface area (Å²) in [5.74, 6) is 0.513. The Kier molecular flexibility index (Phi) is 4.97. The number of hydrogen-bond donors (Lipinski definition) is 2. The van der Waals surface area contributed by atoms with E-state index in [1.165, 1.54) is 5.56 Å². The fourth-order valence-corrected chi connectivity index (χ4v) is 1.77. The molecule has 3 heteroatoms. The van der Waals surface area contributed by atoms with Gasteiger partial charge in [0.2, 0.25) is 0 Å². The smallest absolute Gasteiger partial charge is 0.0991 e. The maximum absolute atomic E-state index is 9.08. The summed E-state index contributed by atoms with van der Waals surface area (Å²) in [5.41, 5.74) is 7.41. The van der Waals surface area contributed by atoms with Crippen LogP contribution in [0.15, 0.2) is 24.3 Å². The van der Waals surface area contributed by atoms with Gasteiger partial charge < -0.3 is 10.8 Å². The predicted octanol–water partition coefficient (Wildman–Crippen LogP) is 1.62. The topological polar surface area (TPSA) is 70.0 Å². The summed E-state index contributed by atoms with van der Waals surface area (Å²) in [6.07, 6.45) is 0.874. The lowest BCUT2D eigenvalue weighted by Gasteiger charge is -2.17. The molecule has 0 spiro atoms. The van der Waals surface area contributed by atoms with Crippen molar-refractivity contribution in [2.24, 2.45) is 11.7 Å². The van der Waals surface area contributed by atoms with Gasteiger partial charge in [-0.05, 0) is 42.5 Å². The zero-order valence-electron chi connectivity index (χ0n) is 9.56. The van der Waals surface area contributed by atoms with Crippen LogP contribution >= 0.6 is 0 Å². The van der Waals surface area contributed by atoms with Crippen molar-refractivity contribution in [2.45, 2.75) is 19.3 Å². The van der Waals surface area contributed by atoms with Crippen LogP contribution in [0.2, 0.25) is 0 Å². The van der Waals surface area contributed by atoms with Crippen molar-refractivity contribution in [3.63, 3.8) is 0 Å². The van der Waals surface area contributed by atoms with Gasteiger partial charge in [0.05, 0.1) is 11.6 Å². The summed E-state index contributed by atoms with van der Waals surface area (Å²) >= 11 is 0. The lowest BCUT2D eigenvalue weighted by Crippen LogP contribution is -2.20. The molecule has 0 aromatic heterocycles. The van der Waals surface area contributed by atoms with Gasteiger partial charge in [0.15, 0.2) is 0 Å². The molecule has 2 unspecified atom stereocenters. The molecule has 0 saturated carbocycles. The van der Waals surface area contributed by atoms with Gasteiger partial charge in [0.25, 0.3) is 0 Å². The van der Waals surface area contributed by atoms with Gasteiger partial charge in [-0.15, -0.1) is 0 Å². The van der Waals surface area contributed by atoms with E-state index in [2.05, 4.69) is 13.0 Å². The highest BCUT2D eigenvalue weighted by Crippen LogP contribution is 2.23. The Morgan fingerprint density at radius 3 is 2.44 bits per heavy atom. The summed E-state index contributed by atoms with van der Waals surface area (Å²) in [6.45, 7) is 2.76. The third-order valence-corrected chi connectivity index (χ3v) is 2.89. The second kappa shape index (κ2) is 6.26. The van der Waals surface area contributed by atoms with E-state index in [9.17, 15) is 0 Å². The third-order valence-electron chi connectivity index (χ3n) is 2.89. The first-order chi connectivity index (χ1) is 7.71. The average molecular weight is 218 g/mol. The van der Waals surface area contributed by atoms with E-state index in [1.54, 1.807) is 0 Å². The number of hydrogen-bond acceptors (Lipinski definition) is 3. The highest BCUT2D eigenvalue weighted by atomic mass is 16.3. The maximum atomic E-state index is 9.08. The predicted molar refractivity (Wildman–Crippen MR) is 63.8 cm³/mol. The van der Waals surface area contributed by atoms with Crippen LogP contribution in [0.25, 0.3) is 0 Å². The van der Waals surface area contributed by atoms with Gasteiger partial charge in [-0.2, -0.15) is 5.26 Å². The summed E-state index contributed by atoms with van der Waals surface area (Å²) in [7, 11) is 0. The van der Waals surface area contributed by atoms with Gasteiger partial charge >= 0.3 is 0 Å². The second-order valence-electron chi connectivity index (χ2n) is 4.15. The Morgan fingerprint density at radius 2 is 2.00 bits per heavy atom. The molecule has 0 bridgehead atoms. The van der Waals surface area contributed by atoms with Crippen LogP contribution in [0.4, 0.5) is 0 Å². The summed E-state index contributed by atoms with van der Waals surface area (Å²) in [5, 5.41) is 17.8. The fourth-order valence-electron chi connectivity index (χ4n) is 1.77. The van der Waals surface area contributed by atoms with Crippen molar-refractivity contribution in [3.8, 4) is 6.07 Å². The number of nitrogens with two attached hydrogens (primary N) is 1. The van der Waals surface area contributed by atoms with E-state index >= 15 is 0 Å². The second-order valence-corrected chi connectivity index (χ2v) is 4.15. The summed E-state index contributed by atoms with van der Waals surface area (Å²) in [4.78, 5) is 0. The lowest BCUT2D eigenvalue weighted by atomic mass is 9.90. The van der Waals surface area contributed by atoms with Crippen LogP contribution in [-0.4, -0.2) is 18.3 Å². The molecule has 0 amide bonds. The fraction of sp³-hybridized carbons (Fsp3) is 0.462. The van der Waals surface area contributed by atoms with Crippen LogP contribution in [-0.2, 0) is 0 Å². The Labute approximate surface area is 96.5 Å². The highest BCUT2D eigenvalue weighted by molar-refractivity contribution is 5.32. The number of aliphatic hydroxyl groups excluding tert-OH is 1. The Balaban J connectivity index is 2.65. The Hall–Kier alpha value is -1.37. The molecule has 2 atom stereocenters. The monoisotopic (exact) mass is 218 g/mol. The van der Waals surface area contributed by atoms with E-state index < -0.39 is 0 Å². The molecule has 0 radical (unpaired) electrons. The van der Waals surface area contributed by atoms with E-state index in [-0.39, 0.29) is 12.5 Å². The van der Waals surface area contributed by atoms with Crippen molar-refractivity contribution >= 4 is 0 Å². The Morgan fingerprint density at radius 1 is 1.38 bits per heavy atom. The molecule has 0 aliphatic carbocycles. The maximum Gasteiger partial charge on any atom is 0.0991 e. The molecule has 0 fully saturated rings. The largest absolute Gasteiger partial charge is 0.396 e. The standard InChI is InChI=1S/C13H18N2O/c1-10(6-12(8-15)9-16)13-4-2-11(7-14)3-5-13/h2-5,10,12,16H,6,8-9,15H2,1H3. The van der Waals surface area contributed by atoms with Crippen LogP contribution in [0.5, 0.6) is 0 Å². The van der Waals surface area contributed by atoms with Gasteiger partial charge in [0.1, 0.15) is 0 Å². The number of nitrogens with zero attached hydrogens (tertiary/aromatic N) is 1. The molecule has 0 aliphatic heterocycles. The molecule has 16 heavy (non-hydrogen) atoms. The number of nitriles is 1. The first-order valence-electron chi connectivity index (χ1n) is 5.52. The average Bonchev–Trinajstić information content (AvgIpc) is 2.35. The minimum absolute atomic E-state index is 0.136. The van der Waals surface area contributed by atoms with E-state index in [1.807, 2.05) is 24.3 Å². The van der Waals surface area contributed by atoms with E-state index in [0.717, 1.165) is 6.42 Å². The number of rotatable bonds is 5. The van der Waals surface area contributed by atoms with Gasteiger partial charge in [-0.1, -0.05) is 19.1 Å². The molecule has 86 valence electrons. The van der Waals surface area contributed by atoms with Crippen molar-refractivity contribution in [3.05, 3.63) is 35.4 Å². The van der Waals surface area contributed by atoms with Crippen LogP contribution < -0.4 is 5.73 Å². The first kappa shape index (κ1) is 12.7. The molecule has 1 rings (SSSR count). The quantitative estimate of drug-likeness (QED) is 0.789. The zero-order valence-corrected chi connectivity index (χ0v) is 9.56. The first-order valence-corrected chi connectivity index (χ1v) is 5.52. The van der Waals surface area contributed by atoms with Gasteiger partial charge in [-0.25, -0.2) is 0 Å². The minimum atomic E-state index is 0.136. The molecule has 3 nitrogen and oxygen atoms in total. The van der Waals surface area contributed by atoms with Gasteiger partial charge in [-0.3, -0.25) is 0 Å². The molecule has 1 aromatic rings. The SMILES string of the molecule is CC(CC(CN)CO)c1ccc(C#N)cc1. The van der Waals surface area contributed by atoms with Crippen molar-refractivity contribution < 1.29 is 5.11 Å². The number of aliphatic hydroxyl groups is 1. The molecule has 3 N–H and O–H groups in total. The van der Waals surface area contributed by atoms with Crippen LogP contribution in [0.3, 0.4) is 0 Å². The molecular weight excluding hydrogens is 200 g/mol. The molecule has 0 saturated heterocycles. The highest BCUT2D eigenvalue weighted by Gasteiger charge is 2.12. The van der Waals surface area contributed by atoms with Crippen LogP contribution in [0.1, 0.15) is 30.4 Å². The normalized spacial score (nSPS) is 14.1. The molecule has 1 aromatic carbocycles. The summed E-state index contributed by atoms with van der Waals surface area (Å²) in [6, 6.07) is 9.67. The van der Waals surface area contributed by atoms with Crippen molar-refractivity contribution in [1.82, 2.24) is 0 Å². The van der Waals surface area contributed by atoms with E-state index in [0.29, 0.717) is 18.0 Å². The summed E-state index contributed by atoms with van der Waals surface area (Å²) < 4.78 is 0. The number of benzene rings is 1. The third kappa shape index (κ3) is 3.34. The zero-order chi connectivity index (χ0) is 12.0. The van der Waals surface area contributed by atoms with E-state index in [4.69, 9.17) is 16.1 Å². The van der Waals surface area contributed by atoms with Gasteiger partial charge in [0, 0.05) is 6.61 Å². The molecular formula is C13H18N2O. The molecule has 0 heterocycles. The lowest BCUT2D eigenvalue weighted by molar-refractivity contribution is 0.217. The van der Waals surface area contributed by atoms with Crippen molar-refractivity contribution in [2.75, 3.05) is 13.2 Å².